The first-order chi connectivity index (χ1) is 8.49. The second kappa shape index (κ2) is 6.61. The minimum atomic E-state index is -0.671. The number of ether oxygens (including phenoxy) is 1. The normalized spacial score (nSPS) is 9.44. The summed E-state index contributed by atoms with van der Waals surface area (Å²) in [6.45, 7) is 0.740. The molecule has 0 spiro atoms. The molecule has 96 valence electrons. The Morgan fingerprint density at radius 2 is 2.00 bits per heavy atom. The highest BCUT2D eigenvalue weighted by molar-refractivity contribution is 6.30. The SMILES string of the molecule is CC(=O)NNC(=O)COC(=O)c1cccc(Cl)c1. The van der Waals surface area contributed by atoms with Gasteiger partial charge in [-0.25, -0.2) is 4.79 Å². The fourth-order valence-electron chi connectivity index (χ4n) is 1.02. The minimum absolute atomic E-state index is 0.245. The van der Waals surface area contributed by atoms with Gasteiger partial charge in [0.1, 0.15) is 0 Å². The smallest absolute Gasteiger partial charge is 0.338 e. The second-order valence-corrected chi connectivity index (χ2v) is 3.75. The summed E-state index contributed by atoms with van der Waals surface area (Å²) in [5.74, 6) is -1.74. The monoisotopic (exact) mass is 270 g/mol. The van der Waals surface area contributed by atoms with Crippen molar-refractivity contribution < 1.29 is 19.1 Å². The molecule has 0 atom stereocenters. The van der Waals surface area contributed by atoms with E-state index >= 15 is 0 Å². The van der Waals surface area contributed by atoms with Gasteiger partial charge < -0.3 is 4.74 Å². The van der Waals surface area contributed by atoms with Crippen LogP contribution < -0.4 is 10.9 Å². The number of hydrazine groups is 1. The van der Waals surface area contributed by atoms with E-state index < -0.39 is 24.4 Å². The van der Waals surface area contributed by atoms with Crippen molar-refractivity contribution in [2.75, 3.05) is 6.61 Å². The third-order valence-electron chi connectivity index (χ3n) is 1.77. The number of halogens is 1. The van der Waals surface area contributed by atoms with E-state index in [9.17, 15) is 14.4 Å². The molecule has 0 aliphatic carbocycles. The molecular formula is C11H11ClN2O4. The highest BCUT2D eigenvalue weighted by Crippen LogP contribution is 2.11. The van der Waals surface area contributed by atoms with Crippen LogP contribution in [0.15, 0.2) is 24.3 Å². The molecule has 6 nitrogen and oxygen atoms in total. The summed E-state index contributed by atoms with van der Waals surface area (Å²) in [7, 11) is 0. The van der Waals surface area contributed by atoms with Crippen LogP contribution in [0.25, 0.3) is 0 Å². The van der Waals surface area contributed by atoms with Crippen LogP contribution in [0.2, 0.25) is 5.02 Å². The number of carbonyl (C=O) groups is 3. The van der Waals surface area contributed by atoms with Crippen LogP contribution in [-0.4, -0.2) is 24.4 Å². The summed E-state index contributed by atoms with van der Waals surface area (Å²) in [5.41, 5.74) is 4.37. The molecule has 0 aromatic heterocycles. The number of rotatable bonds is 3. The van der Waals surface area contributed by atoms with Crippen LogP contribution in [0.1, 0.15) is 17.3 Å². The fourth-order valence-corrected chi connectivity index (χ4v) is 1.21. The van der Waals surface area contributed by atoms with E-state index in [1.807, 2.05) is 0 Å². The maximum atomic E-state index is 11.5. The van der Waals surface area contributed by atoms with Gasteiger partial charge in [-0.3, -0.25) is 20.4 Å². The fraction of sp³-hybridized carbons (Fsp3) is 0.182. The molecule has 7 heteroatoms. The molecule has 0 radical (unpaired) electrons. The van der Waals surface area contributed by atoms with E-state index in [0.29, 0.717) is 5.02 Å². The Hall–Kier alpha value is -2.08. The van der Waals surface area contributed by atoms with Gasteiger partial charge in [-0.2, -0.15) is 0 Å². The highest BCUT2D eigenvalue weighted by Gasteiger charge is 2.10. The minimum Gasteiger partial charge on any atom is -0.452 e. The largest absolute Gasteiger partial charge is 0.452 e. The molecule has 18 heavy (non-hydrogen) atoms. The number of nitrogens with one attached hydrogen (secondary N) is 2. The number of amides is 2. The molecule has 0 aliphatic rings. The lowest BCUT2D eigenvalue weighted by Gasteiger charge is -2.06. The lowest BCUT2D eigenvalue weighted by atomic mass is 10.2. The predicted molar refractivity (Wildman–Crippen MR) is 63.7 cm³/mol. The van der Waals surface area contributed by atoms with Gasteiger partial charge in [-0.15, -0.1) is 0 Å². The summed E-state index contributed by atoms with van der Waals surface area (Å²) in [6, 6.07) is 6.15. The Kier molecular flexibility index (Phi) is 5.13. The maximum absolute atomic E-state index is 11.5. The van der Waals surface area contributed by atoms with Gasteiger partial charge in [0.05, 0.1) is 5.56 Å². The van der Waals surface area contributed by atoms with Crippen LogP contribution in [0, 0.1) is 0 Å². The molecule has 0 heterocycles. The zero-order valence-corrected chi connectivity index (χ0v) is 10.3. The third kappa shape index (κ3) is 4.84. The number of hydrogen-bond donors (Lipinski definition) is 2. The van der Waals surface area contributed by atoms with Gasteiger partial charge in [0.15, 0.2) is 6.61 Å². The lowest BCUT2D eigenvalue weighted by Crippen LogP contribution is -2.42. The average molecular weight is 271 g/mol. The quantitative estimate of drug-likeness (QED) is 0.624. The lowest BCUT2D eigenvalue weighted by molar-refractivity contribution is -0.129. The van der Waals surface area contributed by atoms with E-state index in [-0.39, 0.29) is 5.56 Å². The summed E-state index contributed by atoms with van der Waals surface area (Å²) >= 11 is 5.70. The Labute approximate surface area is 108 Å². The number of benzene rings is 1. The number of carbonyl (C=O) groups excluding carboxylic acids is 3. The van der Waals surface area contributed by atoms with E-state index in [4.69, 9.17) is 16.3 Å². The van der Waals surface area contributed by atoms with Gasteiger partial charge in [-0.1, -0.05) is 17.7 Å². The Bertz CT molecular complexity index is 476. The Morgan fingerprint density at radius 3 is 2.61 bits per heavy atom. The van der Waals surface area contributed by atoms with E-state index in [2.05, 4.69) is 10.9 Å². The molecule has 0 unspecified atom stereocenters. The molecule has 1 rings (SSSR count). The molecule has 0 saturated carbocycles. The predicted octanol–water partition coefficient (Wildman–Crippen LogP) is 0.664. The van der Waals surface area contributed by atoms with Gasteiger partial charge in [-0.05, 0) is 18.2 Å². The van der Waals surface area contributed by atoms with Crippen LogP contribution >= 0.6 is 11.6 Å². The standard InChI is InChI=1S/C11H11ClN2O4/c1-7(15)13-14-10(16)6-18-11(17)8-3-2-4-9(12)5-8/h2-5H,6H2,1H3,(H,13,15)(H,14,16). The zero-order valence-electron chi connectivity index (χ0n) is 9.53. The number of hydrogen-bond acceptors (Lipinski definition) is 4. The third-order valence-corrected chi connectivity index (χ3v) is 2.01. The number of esters is 1. The van der Waals surface area contributed by atoms with Crippen molar-refractivity contribution in [1.82, 2.24) is 10.9 Å². The van der Waals surface area contributed by atoms with Crippen molar-refractivity contribution in [2.24, 2.45) is 0 Å². The second-order valence-electron chi connectivity index (χ2n) is 3.32. The first-order valence-corrected chi connectivity index (χ1v) is 5.35. The van der Waals surface area contributed by atoms with Crippen molar-refractivity contribution in [3.8, 4) is 0 Å². The molecule has 2 amide bonds. The summed E-state index contributed by atoms with van der Waals surface area (Å²) in [5, 5.41) is 0.396. The molecule has 1 aromatic rings. The summed E-state index contributed by atoms with van der Waals surface area (Å²) in [4.78, 5) is 33.1. The molecule has 0 saturated heterocycles. The van der Waals surface area contributed by atoms with E-state index in [1.165, 1.54) is 19.1 Å². The molecule has 1 aromatic carbocycles. The van der Waals surface area contributed by atoms with Crippen molar-refractivity contribution in [1.29, 1.82) is 0 Å². The van der Waals surface area contributed by atoms with Crippen LogP contribution in [0.3, 0.4) is 0 Å². The van der Waals surface area contributed by atoms with Gasteiger partial charge in [0.25, 0.3) is 5.91 Å². The van der Waals surface area contributed by atoms with Gasteiger partial charge in [0.2, 0.25) is 5.91 Å². The topological polar surface area (TPSA) is 84.5 Å². The van der Waals surface area contributed by atoms with Crippen LogP contribution in [0.4, 0.5) is 0 Å². The van der Waals surface area contributed by atoms with Crippen LogP contribution in [0.5, 0.6) is 0 Å². The zero-order chi connectivity index (χ0) is 13.5. The van der Waals surface area contributed by atoms with Crippen molar-refractivity contribution in [2.45, 2.75) is 6.92 Å². The summed E-state index contributed by atoms with van der Waals surface area (Å²) in [6.07, 6.45) is 0. The van der Waals surface area contributed by atoms with Crippen molar-refractivity contribution in [3.05, 3.63) is 34.9 Å². The van der Waals surface area contributed by atoms with Crippen molar-refractivity contribution >= 4 is 29.4 Å². The van der Waals surface area contributed by atoms with Crippen molar-refractivity contribution in [3.63, 3.8) is 0 Å². The maximum Gasteiger partial charge on any atom is 0.338 e. The molecule has 0 bridgehead atoms. The van der Waals surface area contributed by atoms with Crippen LogP contribution in [-0.2, 0) is 14.3 Å². The Balaban J connectivity index is 2.42. The van der Waals surface area contributed by atoms with Gasteiger partial charge in [0, 0.05) is 11.9 Å². The first kappa shape index (κ1) is 14.0. The Morgan fingerprint density at radius 1 is 1.28 bits per heavy atom. The molecule has 0 aliphatic heterocycles. The average Bonchev–Trinajstić information content (AvgIpc) is 2.33. The van der Waals surface area contributed by atoms with E-state index in [0.717, 1.165) is 0 Å². The highest BCUT2D eigenvalue weighted by atomic mass is 35.5. The summed E-state index contributed by atoms with van der Waals surface area (Å²) < 4.78 is 4.72. The molecule has 2 N–H and O–H groups in total. The molecular weight excluding hydrogens is 260 g/mol. The van der Waals surface area contributed by atoms with E-state index in [1.54, 1.807) is 12.1 Å². The first-order valence-electron chi connectivity index (χ1n) is 4.97. The van der Waals surface area contributed by atoms with Gasteiger partial charge >= 0.3 is 5.97 Å². The molecule has 0 fully saturated rings.